The van der Waals surface area contributed by atoms with Crippen molar-refractivity contribution in [1.82, 2.24) is 0 Å². The van der Waals surface area contributed by atoms with Crippen LogP contribution in [0.5, 0.6) is 0 Å². The van der Waals surface area contributed by atoms with Gasteiger partial charge in [0.1, 0.15) is 5.58 Å². The molecule has 2 nitrogen and oxygen atoms in total. The van der Waals surface area contributed by atoms with Crippen molar-refractivity contribution in [1.29, 1.82) is 0 Å². The van der Waals surface area contributed by atoms with Gasteiger partial charge in [0, 0.05) is 22.1 Å². The highest BCUT2D eigenvalue weighted by atomic mass is 16.3. The second kappa shape index (κ2) is 13.0. The van der Waals surface area contributed by atoms with Gasteiger partial charge < -0.3 is 9.32 Å². The smallest absolute Gasteiger partial charge is 0.159 e. The summed E-state index contributed by atoms with van der Waals surface area (Å²) >= 11 is 0. The Morgan fingerprint density at radius 1 is 0.328 bits per heavy atom. The molecule has 0 N–H and O–H groups in total. The summed E-state index contributed by atoms with van der Waals surface area (Å²) in [5.74, 6) is 0. The van der Waals surface area contributed by atoms with Crippen LogP contribution in [0, 0.1) is 0 Å². The van der Waals surface area contributed by atoms with E-state index in [-0.39, 0.29) is 0 Å². The van der Waals surface area contributed by atoms with Gasteiger partial charge in [0.25, 0.3) is 0 Å². The number of benzene rings is 10. The Kier molecular flexibility index (Phi) is 7.26. The van der Waals surface area contributed by atoms with Gasteiger partial charge >= 0.3 is 0 Å². The lowest BCUT2D eigenvalue weighted by molar-refractivity contribution is 0.669. The SMILES string of the molecule is c1ccc(-c2ccc3c(c2)C2(c4ccccc4-3)c3ccccc3-c3ccc(N(c4ccc(-c5cccc6ccccc56)cc4)c4cccc5c4oc4ccccc45)cc32)cc1. The van der Waals surface area contributed by atoms with E-state index in [9.17, 15) is 0 Å². The van der Waals surface area contributed by atoms with Gasteiger partial charge in [-0.05, 0) is 120 Å². The van der Waals surface area contributed by atoms with Gasteiger partial charge in [-0.3, -0.25) is 0 Å². The molecule has 11 aromatic rings. The molecule has 0 aliphatic heterocycles. The molecule has 1 unspecified atom stereocenters. The average molecular weight is 776 g/mol. The van der Waals surface area contributed by atoms with Crippen LogP contribution < -0.4 is 4.90 Å². The summed E-state index contributed by atoms with van der Waals surface area (Å²) in [6.07, 6.45) is 0. The van der Waals surface area contributed by atoms with E-state index >= 15 is 0 Å². The fourth-order valence-corrected chi connectivity index (χ4v) is 10.7. The lowest BCUT2D eigenvalue weighted by atomic mass is 9.70. The van der Waals surface area contributed by atoms with Gasteiger partial charge in [-0.15, -0.1) is 0 Å². The number of hydrogen-bond donors (Lipinski definition) is 0. The van der Waals surface area contributed by atoms with Crippen molar-refractivity contribution in [3.05, 3.63) is 247 Å². The minimum absolute atomic E-state index is 0.520. The van der Waals surface area contributed by atoms with Crippen LogP contribution in [0.1, 0.15) is 22.3 Å². The van der Waals surface area contributed by atoms with Crippen molar-refractivity contribution in [3.8, 4) is 44.5 Å². The Morgan fingerprint density at radius 2 is 0.885 bits per heavy atom. The monoisotopic (exact) mass is 775 g/mol. The number of nitrogens with zero attached hydrogens (tertiary/aromatic N) is 1. The molecular weight excluding hydrogens is 739 g/mol. The molecular formula is C59H37NO. The van der Waals surface area contributed by atoms with E-state index in [1.165, 1.54) is 77.5 Å². The van der Waals surface area contributed by atoms with Gasteiger partial charge in [0.2, 0.25) is 0 Å². The Bertz CT molecular complexity index is 3520. The first-order valence-corrected chi connectivity index (χ1v) is 21.1. The third-order valence-corrected chi connectivity index (χ3v) is 13.3. The third kappa shape index (κ3) is 4.85. The van der Waals surface area contributed by atoms with Crippen molar-refractivity contribution in [2.45, 2.75) is 5.41 Å². The molecule has 0 radical (unpaired) electrons. The lowest BCUT2D eigenvalue weighted by Crippen LogP contribution is -2.26. The standard InChI is InChI=1S/C59H37NO/c1-2-14-38(15-3-1)41-30-34-48-46-19-6-9-24-52(46)59(54(48)36-41)53-25-10-7-20-47(53)49-35-33-43(37-55(49)59)60(56-26-13-23-51-50-21-8-11-27-57(50)61-58(51)56)42-31-28-40(29-32-42)45-22-12-17-39-16-4-5-18-44(39)45/h1-37H. The zero-order valence-corrected chi connectivity index (χ0v) is 33.2. The van der Waals surface area contributed by atoms with Crippen molar-refractivity contribution < 1.29 is 4.42 Å². The molecule has 2 heteroatoms. The predicted molar refractivity (Wildman–Crippen MR) is 253 cm³/mol. The summed E-state index contributed by atoms with van der Waals surface area (Å²) in [6.45, 7) is 0. The fraction of sp³-hybridized carbons (Fsp3) is 0.0169. The normalized spacial score (nSPS) is 14.6. The van der Waals surface area contributed by atoms with E-state index in [1.54, 1.807) is 0 Å². The largest absolute Gasteiger partial charge is 0.454 e. The quantitative estimate of drug-likeness (QED) is 0.173. The van der Waals surface area contributed by atoms with E-state index in [4.69, 9.17) is 4.42 Å². The Hall–Kier alpha value is -7.94. The summed E-state index contributed by atoms with van der Waals surface area (Å²) in [6, 6.07) is 82.3. The summed E-state index contributed by atoms with van der Waals surface area (Å²) in [7, 11) is 0. The molecule has 13 rings (SSSR count). The van der Waals surface area contributed by atoms with Gasteiger partial charge in [0.05, 0.1) is 11.1 Å². The van der Waals surface area contributed by atoms with Crippen LogP contribution in [0.4, 0.5) is 17.1 Å². The van der Waals surface area contributed by atoms with Crippen LogP contribution in [0.3, 0.4) is 0 Å². The first-order chi connectivity index (χ1) is 30.3. The molecule has 0 fully saturated rings. The highest BCUT2D eigenvalue weighted by Gasteiger charge is 2.52. The van der Waals surface area contributed by atoms with E-state index in [0.717, 1.165) is 39.0 Å². The van der Waals surface area contributed by atoms with Crippen LogP contribution >= 0.6 is 0 Å². The number of hydrogen-bond acceptors (Lipinski definition) is 2. The van der Waals surface area contributed by atoms with Crippen LogP contribution in [0.25, 0.3) is 77.2 Å². The van der Waals surface area contributed by atoms with Gasteiger partial charge in [-0.2, -0.15) is 0 Å². The van der Waals surface area contributed by atoms with Crippen molar-refractivity contribution in [3.63, 3.8) is 0 Å². The first-order valence-electron chi connectivity index (χ1n) is 21.1. The van der Waals surface area contributed by atoms with Crippen molar-refractivity contribution in [2.75, 3.05) is 4.90 Å². The Labute approximate surface area is 354 Å². The molecule has 1 heterocycles. The van der Waals surface area contributed by atoms with E-state index in [0.29, 0.717) is 0 Å². The maximum atomic E-state index is 6.79. The maximum Gasteiger partial charge on any atom is 0.159 e. The number of rotatable bonds is 5. The molecule has 1 atom stereocenters. The molecule has 0 bridgehead atoms. The Balaban J connectivity index is 1.07. The highest BCUT2D eigenvalue weighted by molar-refractivity contribution is 6.10. The van der Waals surface area contributed by atoms with Crippen molar-refractivity contribution in [2.24, 2.45) is 0 Å². The predicted octanol–water partition coefficient (Wildman–Crippen LogP) is 15.9. The second-order valence-corrected chi connectivity index (χ2v) is 16.4. The van der Waals surface area contributed by atoms with Crippen LogP contribution in [-0.2, 0) is 5.41 Å². The van der Waals surface area contributed by atoms with Crippen LogP contribution in [-0.4, -0.2) is 0 Å². The maximum absolute atomic E-state index is 6.79. The topological polar surface area (TPSA) is 16.4 Å². The van der Waals surface area contributed by atoms with Gasteiger partial charge in [-0.25, -0.2) is 0 Å². The average Bonchev–Trinajstić information content (AvgIpc) is 3.96. The minimum Gasteiger partial charge on any atom is -0.454 e. The van der Waals surface area contributed by atoms with E-state index in [1.807, 2.05) is 6.07 Å². The molecule has 10 aromatic carbocycles. The minimum atomic E-state index is -0.520. The van der Waals surface area contributed by atoms with Crippen LogP contribution in [0.2, 0.25) is 0 Å². The molecule has 61 heavy (non-hydrogen) atoms. The first kappa shape index (κ1) is 34.0. The molecule has 2 aliphatic rings. The van der Waals surface area contributed by atoms with E-state index < -0.39 is 5.41 Å². The van der Waals surface area contributed by atoms with Crippen molar-refractivity contribution >= 4 is 49.8 Å². The molecule has 2 aliphatic carbocycles. The summed E-state index contributed by atoms with van der Waals surface area (Å²) in [5, 5.41) is 4.70. The highest BCUT2D eigenvalue weighted by Crippen LogP contribution is 2.64. The fourth-order valence-electron chi connectivity index (χ4n) is 10.7. The lowest BCUT2D eigenvalue weighted by Gasteiger charge is -2.32. The van der Waals surface area contributed by atoms with E-state index in [2.05, 4.69) is 223 Å². The van der Waals surface area contributed by atoms with Crippen LogP contribution in [0.15, 0.2) is 229 Å². The molecule has 0 saturated carbocycles. The summed E-state index contributed by atoms with van der Waals surface area (Å²) in [5.41, 5.74) is 19.6. The molecule has 284 valence electrons. The third-order valence-electron chi connectivity index (χ3n) is 13.3. The zero-order chi connectivity index (χ0) is 40.1. The van der Waals surface area contributed by atoms with Gasteiger partial charge in [-0.1, -0.05) is 182 Å². The molecule has 1 spiro atoms. The van der Waals surface area contributed by atoms with Gasteiger partial charge in [0.15, 0.2) is 5.58 Å². The molecule has 0 amide bonds. The summed E-state index contributed by atoms with van der Waals surface area (Å²) < 4.78 is 6.79. The number of fused-ring (bicyclic) bond motifs is 14. The number of anilines is 3. The zero-order valence-electron chi connectivity index (χ0n) is 33.2. The second-order valence-electron chi connectivity index (χ2n) is 16.4. The number of para-hydroxylation sites is 2. The summed E-state index contributed by atoms with van der Waals surface area (Å²) in [4.78, 5) is 2.40. The number of furan rings is 1. The molecule has 0 saturated heterocycles. The molecule has 1 aromatic heterocycles. The Morgan fingerprint density at radius 3 is 1.69 bits per heavy atom.